The fraction of sp³-hybridized carbons (Fsp3) is 0.333. The molecule has 0 unspecified atom stereocenters. The summed E-state index contributed by atoms with van der Waals surface area (Å²) >= 11 is 0. The number of aromatic hydroxyl groups is 3. The summed E-state index contributed by atoms with van der Waals surface area (Å²) in [4.78, 5) is 29.0. The average molecular weight is 416 g/mol. The lowest BCUT2D eigenvalue weighted by molar-refractivity contribution is 0.0718. The topological polar surface area (TPSA) is 120 Å². The zero-order valence-electron chi connectivity index (χ0n) is 16.8. The molecule has 3 rings (SSSR count). The largest absolute Gasteiger partial charge is 0.504 e. The van der Waals surface area contributed by atoms with Crippen LogP contribution >= 0.6 is 0 Å². The SMILES string of the molecule is COc1cc(OC)cc(C(=O)N2CCCN(C(=O)c3cc(O)c(O)c(O)c3)CC2)c1. The first kappa shape index (κ1) is 21.1. The molecule has 0 atom stereocenters. The molecular weight excluding hydrogens is 392 g/mol. The molecule has 0 spiro atoms. The van der Waals surface area contributed by atoms with Gasteiger partial charge in [0.2, 0.25) is 0 Å². The van der Waals surface area contributed by atoms with E-state index < -0.39 is 23.2 Å². The number of hydrogen-bond donors (Lipinski definition) is 3. The number of amides is 2. The first-order chi connectivity index (χ1) is 14.3. The van der Waals surface area contributed by atoms with Crippen molar-refractivity contribution in [2.75, 3.05) is 40.4 Å². The van der Waals surface area contributed by atoms with Crippen molar-refractivity contribution >= 4 is 11.8 Å². The van der Waals surface area contributed by atoms with Crippen molar-refractivity contribution in [3.63, 3.8) is 0 Å². The van der Waals surface area contributed by atoms with Gasteiger partial charge in [0.25, 0.3) is 11.8 Å². The summed E-state index contributed by atoms with van der Waals surface area (Å²) in [6.45, 7) is 1.48. The Bertz CT molecular complexity index is 915. The van der Waals surface area contributed by atoms with E-state index in [1.807, 2.05) is 0 Å². The van der Waals surface area contributed by atoms with Gasteiger partial charge in [-0.15, -0.1) is 0 Å². The third kappa shape index (κ3) is 4.35. The maximum absolute atomic E-state index is 13.0. The monoisotopic (exact) mass is 416 g/mol. The molecule has 160 valence electrons. The second-order valence-electron chi connectivity index (χ2n) is 6.90. The zero-order chi connectivity index (χ0) is 21.8. The van der Waals surface area contributed by atoms with E-state index in [2.05, 4.69) is 0 Å². The first-order valence-corrected chi connectivity index (χ1v) is 9.40. The Morgan fingerprint density at radius 1 is 0.733 bits per heavy atom. The predicted octanol–water partition coefficient (Wildman–Crippen LogP) is 1.81. The van der Waals surface area contributed by atoms with Crippen molar-refractivity contribution in [3.05, 3.63) is 41.5 Å². The van der Waals surface area contributed by atoms with Gasteiger partial charge >= 0.3 is 0 Å². The molecule has 9 nitrogen and oxygen atoms in total. The number of phenols is 3. The van der Waals surface area contributed by atoms with E-state index >= 15 is 0 Å². The molecule has 2 aromatic rings. The number of phenolic OH excluding ortho intramolecular Hbond substituents is 3. The maximum atomic E-state index is 13.0. The molecule has 3 N–H and O–H groups in total. The van der Waals surface area contributed by atoms with Crippen molar-refractivity contribution < 1.29 is 34.4 Å². The van der Waals surface area contributed by atoms with Crippen molar-refractivity contribution in [1.82, 2.24) is 9.80 Å². The molecule has 1 heterocycles. The third-order valence-electron chi connectivity index (χ3n) is 4.99. The van der Waals surface area contributed by atoms with Crippen LogP contribution in [-0.2, 0) is 0 Å². The summed E-state index contributed by atoms with van der Waals surface area (Å²) in [5.41, 5.74) is 0.486. The fourth-order valence-electron chi connectivity index (χ4n) is 3.35. The summed E-state index contributed by atoms with van der Waals surface area (Å²) in [7, 11) is 3.02. The Labute approximate surface area is 173 Å². The van der Waals surface area contributed by atoms with Crippen molar-refractivity contribution in [2.45, 2.75) is 6.42 Å². The van der Waals surface area contributed by atoms with Crippen LogP contribution in [0.1, 0.15) is 27.1 Å². The van der Waals surface area contributed by atoms with E-state index in [1.165, 1.54) is 14.2 Å². The molecule has 1 saturated heterocycles. The highest BCUT2D eigenvalue weighted by molar-refractivity contribution is 5.96. The highest BCUT2D eigenvalue weighted by Gasteiger charge is 2.25. The van der Waals surface area contributed by atoms with Gasteiger partial charge in [0, 0.05) is 43.4 Å². The highest BCUT2D eigenvalue weighted by atomic mass is 16.5. The molecule has 30 heavy (non-hydrogen) atoms. The number of nitrogens with zero attached hydrogens (tertiary/aromatic N) is 2. The summed E-state index contributed by atoms with van der Waals surface area (Å²) in [6, 6.07) is 7.17. The van der Waals surface area contributed by atoms with Gasteiger partial charge in [-0.1, -0.05) is 0 Å². The second kappa shape index (κ2) is 8.81. The minimum atomic E-state index is -0.673. The molecule has 0 radical (unpaired) electrons. The van der Waals surface area contributed by atoms with Gasteiger partial charge in [-0.2, -0.15) is 0 Å². The lowest BCUT2D eigenvalue weighted by atomic mass is 10.1. The fourth-order valence-corrected chi connectivity index (χ4v) is 3.35. The molecule has 0 aromatic heterocycles. The molecule has 9 heteroatoms. The van der Waals surface area contributed by atoms with Crippen LogP contribution in [-0.4, -0.2) is 77.3 Å². The predicted molar refractivity (Wildman–Crippen MR) is 107 cm³/mol. The van der Waals surface area contributed by atoms with Crippen molar-refractivity contribution in [2.24, 2.45) is 0 Å². The minimum absolute atomic E-state index is 0.0557. The van der Waals surface area contributed by atoms with Crippen LogP contribution in [0, 0.1) is 0 Å². The van der Waals surface area contributed by atoms with Crippen LogP contribution in [0.5, 0.6) is 28.7 Å². The summed E-state index contributed by atoms with van der Waals surface area (Å²) in [5.74, 6) is -1.39. The number of benzene rings is 2. The summed E-state index contributed by atoms with van der Waals surface area (Å²) in [6.07, 6.45) is 0.564. The van der Waals surface area contributed by atoms with E-state index in [0.717, 1.165) is 12.1 Å². The van der Waals surface area contributed by atoms with E-state index in [-0.39, 0.29) is 18.0 Å². The lowest BCUT2D eigenvalue weighted by Crippen LogP contribution is -2.37. The normalized spacial score (nSPS) is 14.2. The molecule has 2 aromatic carbocycles. The molecule has 1 aliphatic rings. The minimum Gasteiger partial charge on any atom is -0.504 e. The number of rotatable bonds is 4. The van der Waals surface area contributed by atoms with E-state index in [1.54, 1.807) is 28.0 Å². The molecule has 0 aliphatic carbocycles. The number of carbonyl (C=O) groups excluding carboxylic acids is 2. The molecule has 0 bridgehead atoms. The van der Waals surface area contributed by atoms with E-state index in [4.69, 9.17) is 9.47 Å². The van der Waals surface area contributed by atoms with Gasteiger partial charge in [0.15, 0.2) is 17.2 Å². The Kier molecular flexibility index (Phi) is 6.20. The molecule has 1 aliphatic heterocycles. The summed E-state index contributed by atoms with van der Waals surface area (Å²) < 4.78 is 10.4. The average Bonchev–Trinajstić information content (AvgIpc) is 3.01. The number of ether oxygens (including phenoxy) is 2. The van der Waals surface area contributed by atoms with Gasteiger partial charge in [-0.25, -0.2) is 0 Å². The van der Waals surface area contributed by atoms with Gasteiger partial charge in [0.05, 0.1) is 14.2 Å². The van der Waals surface area contributed by atoms with Gasteiger partial charge in [-0.05, 0) is 30.7 Å². The Morgan fingerprint density at radius 2 is 1.17 bits per heavy atom. The van der Waals surface area contributed by atoms with Crippen molar-refractivity contribution in [3.8, 4) is 28.7 Å². The van der Waals surface area contributed by atoms with Crippen LogP contribution in [0.25, 0.3) is 0 Å². The Morgan fingerprint density at radius 3 is 1.60 bits per heavy atom. The van der Waals surface area contributed by atoms with Crippen molar-refractivity contribution in [1.29, 1.82) is 0 Å². The third-order valence-corrected chi connectivity index (χ3v) is 4.99. The number of methoxy groups -OCH3 is 2. The van der Waals surface area contributed by atoms with Crippen LogP contribution < -0.4 is 9.47 Å². The van der Waals surface area contributed by atoms with Crippen LogP contribution in [0.4, 0.5) is 0 Å². The van der Waals surface area contributed by atoms with Gasteiger partial charge < -0.3 is 34.6 Å². The standard InChI is InChI=1S/C21H24N2O7/c1-29-15-8-13(9-16(12-15)30-2)20(27)22-4-3-5-23(7-6-22)21(28)14-10-17(24)19(26)18(25)11-14/h8-12,24-26H,3-7H2,1-2H3. The Balaban J connectivity index is 1.73. The molecular formula is C21H24N2O7. The Hall–Kier alpha value is -3.62. The van der Waals surface area contributed by atoms with Crippen LogP contribution in [0.3, 0.4) is 0 Å². The summed E-state index contributed by atoms with van der Waals surface area (Å²) in [5, 5.41) is 28.8. The van der Waals surface area contributed by atoms with Gasteiger partial charge in [0.1, 0.15) is 11.5 Å². The first-order valence-electron chi connectivity index (χ1n) is 9.40. The number of hydrogen-bond acceptors (Lipinski definition) is 7. The van der Waals surface area contributed by atoms with E-state index in [0.29, 0.717) is 43.1 Å². The van der Waals surface area contributed by atoms with Crippen LogP contribution in [0.2, 0.25) is 0 Å². The van der Waals surface area contributed by atoms with E-state index in [9.17, 15) is 24.9 Å². The molecule has 2 amide bonds. The zero-order valence-corrected chi connectivity index (χ0v) is 16.8. The lowest BCUT2D eigenvalue weighted by Gasteiger charge is -2.23. The van der Waals surface area contributed by atoms with Gasteiger partial charge in [-0.3, -0.25) is 9.59 Å². The van der Waals surface area contributed by atoms with Crippen LogP contribution in [0.15, 0.2) is 30.3 Å². The quantitative estimate of drug-likeness (QED) is 0.650. The second-order valence-corrected chi connectivity index (χ2v) is 6.90. The molecule has 0 saturated carbocycles. The number of carbonyl (C=O) groups is 2. The smallest absolute Gasteiger partial charge is 0.254 e. The highest BCUT2D eigenvalue weighted by Crippen LogP contribution is 2.35. The maximum Gasteiger partial charge on any atom is 0.254 e. The molecule has 1 fully saturated rings.